The number of ether oxygens (including phenoxy) is 1. The van der Waals surface area contributed by atoms with Gasteiger partial charge in [0, 0.05) is 11.6 Å². The fourth-order valence-corrected chi connectivity index (χ4v) is 1.49. The molecule has 3 heteroatoms. The molecule has 16 heavy (non-hydrogen) atoms. The van der Waals surface area contributed by atoms with Crippen LogP contribution in [-0.4, -0.2) is 6.61 Å². The molecule has 0 fully saturated rings. The van der Waals surface area contributed by atoms with Crippen LogP contribution in [-0.2, 0) is 0 Å². The second-order valence-electron chi connectivity index (χ2n) is 4.47. The van der Waals surface area contributed by atoms with Crippen LogP contribution in [0.25, 0.3) is 0 Å². The van der Waals surface area contributed by atoms with Crippen LogP contribution in [0.5, 0.6) is 5.75 Å². The molecular weight excluding hydrogens is 205 g/mol. The third-order valence-corrected chi connectivity index (χ3v) is 2.42. The van der Waals surface area contributed by atoms with Crippen molar-refractivity contribution in [3.8, 4) is 5.75 Å². The van der Waals surface area contributed by atoms with Gasteiger partial charge in [0.2, 0.25) is 0 Å². The topological polar surface area (TPSA) is 35.2 Å². The van der Waals surface area contributed by atoms with Gasteiger partial charge in [-0.3, -0.25) is 0 Å². The molecule has 1 atom stereocenters. The average molecular weight is 225 g/mol. The second kappa shape index (κ2) is 5.85. The normalized spacial score (nSPS) is 12.9. The monoisotopic (exact) mass is 225 g/mol. The number of rotatable bonds is 5. The van der Waals surface area contributed by atoms with E-state index in [0.29, 0.717) is 23.8 Å². The molecule has 0 aliphatic rings. The molecular formula is C13H20FNO. The standard InChI is InChI=1S/C13H20FNO/c1-9(2)7-8-16-12-6-4-5-11(14)13(12)10(3)15/h4-6,9-10H,7-8,15H2,1-3H3. The van der Waals surface area contributed by atoms with Crippen molar-refractivity contribution < 1.29 is 9.13 Å². The summed E-state index contributed by atoms with van der Waals surface area (Å²) in [5, 5.41) is 0. The Labute approximate surface area is 96.6 Å². The Bertz CT molecular complexity index is 337. The van der Waals surface area contributed by atoms with E-state index < -0.39 is 0 Å². The first-order valence-electron chi connectivity index (χ1n) is 5.69. The number of hydrogen-bond acceptors (Lipinski definition) is 2. The lowest BCUT2D eigenvalue weighted by molar-refractivity contribution is 0.284. The quantitative estimate of drug-likeness (QED) is 0.834. The largest absolute Gasteiger partial charge is 0.493 e. The maximum atomic E-state index is 13.5. The van der Waals surface area contributed by atoms with Gasteiger partial charge in [0.05, 0.1) is 6.61 Å². The minimum atomic E-state index is -0.352. The SMILES string of the molecule is CC(C)CCOc1cccc(F)c1C(C)N. The van der Waals surface area contributed by atoms with E-state index in [4.69, 9.17) is 10.5 Å². The highest BCUT2D eigenvalue weighted by atomic mass is 19.1. The Balaban J connectivity index is 2.75. The molecule has 0 amide bonds. The summed E-state index contributed by atoms with van der Waals surface area (Å²) in [4.78, 5) is 0. The molecule has 0 aromatic heterocycles. The third kappa shape index (κ3) is 3.49. The predicted molar refractivity (Wildman–Crippen MR) is 64.0 cm³/mol. The van der Waals surface area contributed by atoms with Crippen LogP contribution >= 0.6 is 0 Å². The Morgan fingerprint density at radius 1 is 1.31 bits per heavy atom. The van der Waals surface area contributed by atoms with E-state index in [9.17, 15) is 4.39 Å². The molecule has 0 saturated carbocycles. The summed E-state index contributed by atoms with van der Waals surface area (Å²) < 4.78 is 19.1. The second-order valence-corrected chi connectivity index (χ2v) is 4.47. The van der Waals surface area contributed by atoms with Crippen LogP contribution in [0.4, 0.5) is 4.39 Å². The van der Waals surface area contributed by atoms with Crippen LogP contribution < -0.4 is 10.5 Å². The first-order valence-corrected chi connectivity index (χ1v) is 5.69. The van der Waals surface area contributed by atoms with Crippen molar-refractivity contribution in [1.82, 2.24) is 0 Å². The molecule has 90 valence electrons. The number of benzene rings is 1. The summed E-state index contributed by atoms with van der Waals surface area (Å²) in [5.41, 5.74) is 6.19. The van der Waals surface area contributed by atoms with Gasteiger partial charge in [-0.1, -0.05) is 19.9 Å². The molecule has 0 spiro atoms. The maximum Gasteiger partial charge on any atom is 0.131 e. The Kier molecular flexibility index (Phi) is 4.74. The van der Waals surface area contributed by atoms with E-state index in [2.05, 4.69) is 13.8 Å². The number of halogens is 1. The van der Waals surface area contributed by atoms with E-state index in [-0.39, 0.29) is 11.9 Å². The maximum absolute atomic E-state index is 13.5. The highest BCUT2D eigenvalue weighted by molar-refractivity contribution is 5.36. The molecule has 0 bridgehead atoms. The lowest BCUT2D eigenvalue weighted by Crippen LogP contribution is -2.11. The molecule has 0 heterocycles. The van der Waals surface area contributed by atoms with Crippen LogP contribution in [0.2, 0.25) is 0 Å². The lowest BCUT2D eigenvalue weighted by Gasteiger charge is -2.15. The van der Waals surface area contributed by atoms with Crippen LogP contribution in [0, 0.1) is 11.7 Å². The van der Waals surface area contributed by atoms with Gasteiger partial charge in [0.25, 0.3) is 0 Å². The minimum Gasteiger partial charge on any atom is -0.493 e. The van der Waals surface area contributed by atoms with E-state index in [1.807, 2.05) is 0 Å². The Hall–Kier alpha value is -1.09. The van der Waals surface area contributed by atoms with Crippen molar-refractivity contribution in [2.45, 2.75) is 33.2 Å². The van der Waals surface area contributed by atoms with E-state index in [0.717, 1.165) is 6.42 Å². The molecule has 0 aliphatic heterocycles. The van der Waals surface area contributed by atoms with Gasteiger partial charge < -0.3 is 10.5 Å². The smallest absolute Gasteiger partial charge is 0.131 e. The molecule has 1 aromatic rings. The highest BCUT2D eigenvalue weighted by Crippen LogP contribution is 2.26. The summed E-state index contributed by atoms with van der Waals surface area (Å²) in [6, 6.07) is 4.47. The van der Waals surface area contributed by atoms with Crippen LogP contribution in [0.3, 0.4) is 0 Å². The predicted octanol–water partition coefficient (Wildman–Crippen LogP) is 3.27. The highest BCUT2D eigenvalue weighted by Gasteiger charge is 2.13. The summed E-state index contributed by atoms with van der Waals surface area (Å²) in [6.45, 7) is 6.61. The minimum absolute atomic E-state index is 0.294. The molecule has 1 rings (SSSR count). The van der Waals surface area contributed by atoms with E-state index >= 15 is 0 Å². The molecule has 1 aromatic carbocycles. The summed E-state index contributed by atoms with van der Waals surface area (Å²) in [7, 11) is 0. The molecule has 2 nitrogen and oxygen atoms in total. The van der Waals surface area contributed by atoms with Crippen molar-refractivity contribution in [2.75, 3.05) is 6.61 Å². The van der Waals surface area contributed by atoms with Crippen molar-refractivity contribution >= 4 is 0 Å². The molecule has 0 aliphatic carbocycles. The third-order valence-electron chi connectivity index (χ3n) is 2.42. The zero-order valence-electron chi connectivity index (χ0n) is 10.2. The zero-order chi connectivity index (χ0) is 12.1. The molecule has 0 saturated heterocycles. The molecule has 0 radical (unpaired) electrons. The van der Waals surface area contributed by atoms with Gasteiger partial charge in [0.15, 0.2) is 0 Å². The number of hydrogen-bond donors (Lipinski definition) is 1. The summed E-state index contributed by atoms with van der Waals surface area (Å²) in [6.07, 6.45) is 0.953. The zero-order valence-corrected chi connectivity index (χ0v) is 10.2. The number of nitrogens with two attached hydrogens (primary N) is 1. The van der Waals surface area contributed by atoms with Gasteiger partial charge >= 0.3 is 0 Å². The Morgan fingerprint density at radius 3 is 2.56 bits per heavy atom. The average Bonchev–Trinajstić information content (AvgIpc) is 2.16. The van der Waals surface area contributed by atoms with Gasteiger partial charge in [-0.25, -0.2) is 4.39 Å². The van der Waals surface area contributed by atoms with E-state index in [1.165, 1.54) is 6.07 Å². The summed E-state index contributed by atoms with van der Waals surface area (Å²) >= 11 is 0. The summed E-state index contributed by atoms with van der Waals surface area (Å²) in [5.74, 6) is 0.847. The van der Waals surface area contributed by atoms with Gasteiger partial charge in [-0.05, 0) is 31.4 Å². The van der Waals surface area contributed by atoms with Gasteiger partial charge in [-0.2, -0.15) is 0 Å². The van der Waals surface area contributed by atoms with Crippen molar-refractivity contribution in [3.63, 3.8) is 0 Å². The first kappa shape index (κ1) is 13.0. The van der Waals surface area contributed by atoms with Crippen molar-refractivity contribution in [3.05, 3.63) is 29.6 Å². The van der Waals surface area contributed by atoms with Gasteiger partial charge in [0.1, 0.15) is 11.6 Å². The lowest BCUT2D eigenvalue weighted by atomic mass is 10.1. The fraction of sp³-hybridized carbons (Fsp3) is 0.538. The van der Waals surface area contributed by atoms with Crippen molar-refractivity contribution in [2.24, 2.45) is 11.7 Å². The molecule has 1 unspecified atom stereocenters. The van der Waals surface area contributed by atoms with Gasteiger partial charge in [-0.15, -0.1) is 0 Å². The van der Waals surface area contributed by atoms with Crippen LogP contribution in [0.15, 0.2) is 18.2 Å². The molecule has 2 N–H and O–H groups in total. The van der Waals surface area contributed by atoms with Crippen LogP contribution in [0.1, 0.15) is 38.8 Å². The fourth-order valence-electron chi connectivity index (χ4n) is 1.49. The first-order chi connectivity index (χ1) is 7.52. The van der Waals surface area contributed by atoms with E-state index in [1.54, 1.807) is 19.1 Å². The van der Waals surface area contributed by atoms with Crippen molar-refractivity contribution in [1.29, 1.82) is 0 Å². The Morgan fingerprint density at radius 2 is 2.00 bits per heavy atom.